The van der Waals surface area contributed by atoms with Crippen molar-refractivity contribution >= 4 is 5.69 Å². The maximum absolute atomic E-state index is 12.6. The number of nitrogens with one attached hydrogen (secondary N) is 1. The molecule has 0 aromatic heterocycles. The van der Waals surface area contributed by atoms with Crippen molar-refractivity contribution in [3.8, 4) is 11.5 Å². The molecule has 0 saturated carbocycles. The summed E-state index contributed by atoms with van der Waals surface area (Å²) in [6, 6.07) is 2.97. The first-order valence-electron chi connectivity index (χ1n) is 3.81. The summed E-state index contributed by atoms with van der Waals surface area (Å²) in [7, 11) is 0. The minimum absolute atomic E-state index is 0.140. The van der Waals surface area contributed by atoms with Crippen molar-refractivity contribution in [1.82, 2.24) is 5.73 Å². The summed E-state index contributed by atoms with van der Waals surface area (Å²) in [5, 5.41) is 0. The quantitative estimate of drug-likeness (QED) is 0.633. The molecule has 0 spiro atoms. The van der Waals surface area contributed by atoms with E-state index in [0.29, 0.717) is 0 Å². The minimum Gasteiger partial charge on any atom is -0.421 e. The van der Waals surface area contributed by atoms with E-state index in [1.807, 2.05) is 0 Å². The summed E-state index contributed by atoms with van der Waals surface area (Å²) in [4.78, 5) is 0. The molecule has 1 aromatic carbocycles. The van der Waals surface area contributed by atoms with Crippen LogP contribution in [-0.4, -0.2) is 12.2 Å². The van der Waals surface area contributed by atoms with Gasteiger partial charge in [-0.15, -0.1) is 0 Å². The van der Waals surface area contributed by atoms with Gasteiger partial charge in [-0.05, 0) is 12.1 Å². The number of rotatable bonds is 0. The Bertz CT molecular complexity index is 408. The molecule has 0 bridgehead atoms. The van der Waals surface area contributed by atoms with Crippen LogP contribution in [0.3, 0.4) is 0 Å². The predicted molar refractivity (Wildman–Crippen MR) is 40.3 cm³/mol. The number of alkyl halides is 4. The predicted octanol–water partition coefficient (Wildman–Crippen LogP) is 2.56. The highest BCUT2D eigenvalue weighted by Crippen LogP contribution is 2.47. The first-order valence-corrected chi connectivity index (χ1v) is 3.81. The van der Waals surface area contributed by atoms with Crippen LogP contribution in [0.5, 0.6) is 11.5 Å². The van der Waals surface area contributed by atoms with Gasteiger partial charge in [0.05, 0.1) is 5.69 Å². The minimum atomic E-state index is -4.73. The van der Waals surface area contributed by atoms with Gasteiger partial charge in [-0.2, -0.15) is 17.6 Å². The summed E-state index contributed by atoms with van der Waals surface area (Å²) < 4.78 is 58.1. The van der Waals surface area contributed by atoms with Crippen molar-refractivity contribution in [2.45, 2.75) is 12.2 Å². The van der Waals surface area contributed by atoms with Crippen molar-refractivity contribution in [3.05, 3.63) is 18.2 Å². The molecule has 7 heteroatoms. The molecule has 2 rings (SSSR count). The van der Waals surface area contributed by atoms with Crippen LogP contribution < -0.4 is 15.2 Å². The van der Waals surface area contributed by atoms with Gasteiger partial charge in [0.25, 0.3) is 0 Å². The van der Waals surface area contributed by atoms with E-state index in [0.717, 1.165) is 18.2 Å². The van der Waals surface area contributed by atoms with Gasteiger partial charge in [-0.25, -0.2) is 0 Å². The highest BCUT2D eigenvalue weighted by Gasteiger charge is 2.65. The summed E-state index contributed by atoms with van der Waals surface area (Å²) in [5.41, 5.74) is 6.95. The molecule has 0 unspecified atom stereocenters. The largest absolute Gasteiger partial charge is 0.507 e. The molecule has 0 fully saturated rings. The first-order chi connectivity index (χ1) is 6.82. The SMILES string of the molecule is [NH]c1ccc2c(c1)OC(F)(F)C(F)(F)O2. The molecule has 1 heterocycles. The standard InChI is InChI=1S/C8H4F4NO2/c9-7(10)8(11,12)15-6-3-4(13)1-2-5(6)14-7/h1-3,13H. The summed E-state index contributed by atoms with van der Waals surface area (Å²) in [6.45, 7) is 0. The zero-order chi connectivity index (χ0) is 11.3. The fraction of sp³-hybridized carbons (Fsp3) is 0.250. The third-order valence-electron chi connectivity index (χ3n) is 1.76. The van der Waals surface area contributed by atoms with Gasteiger partial charge < -0.3 is 15.2 Å². The zero-order valence-corrected chi connectivity index (χ0v) is 7.06. The fourth-order valence-corrected chi connectivity index (χ4v) is 1.07. The van der Waals surface area contributed by atoms with Gasteiger partial charge in [0.2, 0.25) is 0 Å². The van der Waals surface area contributed by atoms with Crippen LogP contribution in [0.2, 0.25) is 0 Å². The monoisotopic (exact) mass is 222 g/mol. The summed E-state index contributed by atoms with van der Waals surface area (Å²) in [5.74, 6) is -1.08. The average Bonchev–Trinajstić information content (AvgIpc) is 2.07. The number of fused-ring (bicyclic) bond motifs is 1. The third-order valence-corrected chi connectivity index (χ3v) is 1.76. The van der Waals surface area contributed by atoms with Crippen molar-refractivity contribution < 1.29 is 27.0 Å². The van der Waals surface area contributed by atoms with Gasteiger partial charge in [0, 0.05) is 6.07 Å². The van der Waals surface area contributed by atoms with E-state index in [4.69, 9.17) is 5.73 Å². The fourth-order valence-electron chi connectivity index (χ4n) is 1.07. The number of hydrogen-bond donors (Lipinski definition) is 0. The third kappa shape index (κ3) is 1.43. The second-order valence-electron chi connectivity index (χ2n) is 2.90. The number of hydrogen-bond acceptors (Lipinski definition) is 2. The smallest absolute Gasteiger partial charge is 0.421 e. The highest BCUT2D eigenvalue weighted by atomic mass is 19.3. The van der Waals surface area contributed by atoms with E-state index in [1.54, 1.807) is 0 Å². The van der Waals surface area contributed by atoms with Gasteiger partial charge in [-0.1, -0.05) is 0 Å². The van der Waals surface area contributed by atoms with Crippen molar-refractivity contribution in [2.24, 2.45) is 0 Å². The van der Waals surface area contributed by atoms with Crippen LogP contribution in [0.15, 0.2) is 18.2 Å². The van der Waals surface area contributed by atoms with E-state index in [9.17, 15) is 17.6 Å². The van der Waals surface area contributed by atoms with Gasteiger partial charge in [-0.3, -0.25) is 0 Å². The van der Waals surface area contributed by atoms with Crippen LogP contribution in [0, 0.1) is 0 Å². The topological polar surface area (TPSA) is 42.3 Å². The average molecular weight is 222 g/mol. The maximum Gasteiger partial charge on any atom is 0.507 e. The highest BCUT2D eigenvalue weighted by molar-refractivity contribution is 5.51. The second kappa shape index (κ2) is 2.68. The molecule has 1 aliphatic heterocycles. The molecule has 0 saturated heterocycles. The molecular weight excluding hydrogens is 218 g/mol. The lowest BCUT2D eigenvalue weighted by atomic mass is 10.2. The molecule has 0 aliphatic carbocycles. The van der Waals surface area contributed by atoms with E-state index in [1.165, 1.54) is 0 Å². The van der Waals surface area contributed by atoms with Gasteiger partial charge in [0.15, 0.2) is 11.5 Å². The zero-order valence-electron chi connectivity index (χ0n) is 7.06. The Hall–Kier alpha value is -1.66. The van der Waals surface area contributed by atoms with E-state index in [2.05, 4.69) is 9.47 Å². The van der Waals surface area contributed by atoms with Crippen molar-refractivity contribution in [2.75, 3.05) is 0 Å². The lowest BCUT2D eigenvalue weighted by Crippen LogP contribution is -2.52. The van der Waals surface area contributed by atoms with Crippen molar-refractivity contribution in [3.63, 3.8) is 0 Å². The molecular formula is C8H4F4NO2. The molecule has 15 heavy (non-hydrogen) atoms. The lowest BCUT2D eigenvalue weighted by Gasteiger charge is -2.31. The Balaban J connectivity index is 2.47. The van der Waals surface area contributed by atoms with Crippen LogP contribution in [0.25, 0.3) is 0 Å². The Kier molecular flexibility index (Phi) is 1.76. The summed E-state index contributed by atoms with van der Waals surface area (Å²) in [6.07, 6.45) is -9.43. The van der Waals surface area contributed by atoms with E-state index in [-0.39, 0.29) is 5.69 Å². The number of benzene rings is 1. The van der Waals surface area contributed by atoms with E-state index >= 15 is 0 Å². The molecule has 0 amide bonds. The van der Waals surface area contributed by atoms with Gasteiger partial charge >= 0.3 is 12.2 Å². The van der Waals surface area contributed by atoms with Crippen LogP contribution in [0.4, 0.5) is 23.2 Å². The number of ether oxygens (including phenoxy) is 2. The van der Waals surface area contributed by atoms with Crippen LogP contribution in [0.1, 0.15) is 0 Å². The lowest BCUT2D eigenvalue weighted by molar-refractivity contribution is -0.391. The first kappa shape index (κ1) is 9.88. The normalized spacial score (nSPS) is 21.1. The molecule has 1 N–H and O–H groups in total. The number of halogens is 4. The molecule has 1 aromatic rings. The Morgan fingerprint density at radius 2 is 1.47 bits per heavy atom. The Morgan fingerprint density at radius 1 is 0.933 bits per heavy atom. The molecule has 1 aliphatic rings. The Morgan fingerprint density at radius 3 is 2.07 bits per heavy atom. The second-order valence-corrected chi connectivity index (χ2v) is 2.90. The summed E-state index contributed by atoms with van der Waals surface area (Å²) >= 11 is 0. The van der Waals surface area contributed by atoms with Gasteiger partial charge in [0.1, 0.15) is 0 Å². The molecule has 1 radical (unpaired) electrons. The van der Waals surface area contributed by atoms with E-state index < -0.39 is 23.7 Å². The Labute approximate surface area is 81.4 Å². The molecule has 0 atom stereocenters. The molecule has 3 nitrogen and oxygen atoms in total. The van der Waals surface area contributed by atoms with Crippen molar-refractivity contribution in [1.29, 1.82) is 0 Å². The van der Waals surface area contributed by atoms with Crippen LogP contribution in [-0.2, 0) is 0 Å². The van der Waals surface area contributed by atoms with Crippen LogP contribution >= 0.6 is 0 Å². The molecule has 81 valence electrons. The maximum atomic E-state index is 12.6.